The van der Waals surface area contributed by atoms with Crippen LogP contribution >= 0.6 is 11.8 Å². The normalized spacial score (nSPS) is 13.5. The van der Waals surface area contributed by atoms with Crippen molar-refractivity contribution in [1.29, 1.82) is 0 Å². The Hall–Kier alpha value is -1.70. The van der Waals surface area contributed by atoms with Gasteiger partial charge in [-0.25, -0.2) is 14.6 Å². The molecule has 0 fully saturated rings. The average Bonchev–Trinajstić information content (AvgIpc) is 2.95. The van der Waals surface area contributed by atoms with E-state index in [-0.39, 0.29) is 18.5 Å². The summed E-state index contributed by atoms with van der Waals surface area (Å²) in [4.78, 5) is 31.6. The Morgan fingerprint density at radius 3 is 2.81 bits per heavy atom. The topological polar surface area (TPSA) is 98.3 Å². The predicted octanol–water partition coefficient (Wildman–Crippen LogP) is 1.19. The Kier molecular flexibility index (Phi) is 7.07. The number of aromatic amines is 1. The number of carboxylic acid groups (broad SMARTS) is 1. The highest BCUT2D eigenvalue weighted by molar-refractivity contribution is 7.98. The molecule has 1 aromatic rings. The van der Waals surface area contributed by atoms with Gasteiger partial charge in [-0.05, 0) is 25.4 Å². The van der Waals surface area contributed by atoms with Gasteiger partial charge in [0.25, 0.3) is 0 Å². The molecule has 1 unspecified atom stereocenters. The molecule has 0 aliphatic carbocycles. The van der Waals surface area contributed by atoms with Crippen molar-refractivity contribution >= 4 is 23.8 Å². The molecule has 0 saturated heterocycles. The third-order valence-corrected chi connectivity index (χ3v) is 3.94. The number of aliphatic carboxylic acids is 1. The highest BCUT2D eigenvalue weighted by Crippen LogP contribution is 2.07. The Morgan fingerprint density at radius 1 is 1.57 bits per heavy atom. The minimum absolute atomic E-state index is 0.0547. The van der Waals surface area contributed by atoms with E-state index in [0.717, 1.165) is 12.2 Å². The third-order valence-electron chi connectivity index (χ3n) is 3.30. The second-order valence-corrected chi connectivity index (χ2v) is 5.85. The van der Waals surface area contributed by atoms with Crippen molar-refractivity contribution in [1.82, 2.24) is 20.2 Å². The number of urea groups is 1. The average molecular weight is 314 g/mol. The van der Waals surface area contributed by atoms with E-state index < -0.39 is 12.0 Å². The lowest BCUT2D eigenvalue weighted by Crippen LogP contribution is -2.50. The summed E-state index contributed by atoms with van der Waals surface area (Å²) in [5.74, 6) is -0.113. The van der Waals surface area contributed by atoms with Crippen LogP contribution in [-0.4, -0.2) is 63.1 Å². The number of nitrogens with one attached hydrogen (secondary N) is 2. The van der Waals surface area contributed by atoms with Gasteiger partial charge in [0.15, 0.2) is 0 Å². The Labute approximate surface area is 128 Å². The number of H-pyrrole nitrogens is 1. The highest BCUT2D eigenvalue weighted by Gasteiger charge is 2.24. The third kappa shape index (κ3) is 5.66. The fourth-order valence-corrected chi connectivity index (χ4v) is 2.33. The van der Waals surface area contributed by atoms with Crippen molar-refractivity contribution in [3.63, 3.8) is 0 Å². The fraction of sp³-hybridized carbons (Fsp3) is 0.615. The second kappa shape index (κ2) is 8.56. The van der Waals surface area contributed by atoms with Gasteiger partial charge in [0.05, 0.1) is 6.33 Å². The number of rotatable bonds is 8. The summed E-state index contributed by atoms with van der Waals surface area (Å²) < 4.78 is 0. The van der Waals surface area contributed by atoms with E-state index >= 15 is 0 Å². The van der Waals surface area contributed by atoms with Crippen LogP contribution in [0.1, 0.15) is 19.0 Å². The molecule has 0 bridgehead atoms. The smallest absolute Gasteiger partial charge is 0.326 e. The molecule has 1 heterocycles. The van der Waals surface area contributed by atoms with Crippen LogP contribution in [0.5, 0.6) is 0 Å². The summed E-state index contributed by atoms with van der Waals surface area (Å²) >= 11 is 1.72. The summed E-state index contributed by atoms with van der Waals surface area (Å²) in [5.41, 5.74) is 0.667. The highest BCUT2D eigenvalue weighted by atomic mass is 32.2. The first kappa shape index (κ1) is 17.4. The maximum absolute atomic E-state index is 12.1. The molecule has 0 saturated carbocycles. The van der Waals surface area contributed by atoms with Gasteiger partial charge in [-0.3, -0.25) is 0 Å². The van der Waals surface area contributed by atoms with Gasteiger partial charge in [-0.1, -0.05) is 0 Å². The molecular formula is C13H22N4O3S. The van der Waals surface area contributed by atoms with Gasteiger partial charge in [0, 0.05) is 31.4 Å². The van der Waals surface area contributed by atoms with E-state index in [1.54, 1.807) is 29.9 Å². The van der Waals surface area contributed by atoms with Crippen LogP contribution in [0.4, 0.5) is 4.79 Å². The van der Waals surface area contributed by atoms with Gasteiger partial charge in [-0.15, -0.1) is 0 Å². The molecule has 0 radical (unpaired) electrons. The quantitative estimate of drug-likeness (QED) is 0.669. The summed E-state index contributed by atoms with van der Waals surface area (Å²) in [5, 5.41) is 11.8. The molecule has 21 heavy (non-hydrogen) atoms. The minimum atomic E-state index is -1.07. The number of thioether (sulfide) groups is 1. The van der Waals surface area contributed by atoms with Gasteiger partial charge in [0.2, 0.25) is 0 Å². The first-order valence-electron chi connectivity index (χ1n) is 6.68. The largest absolute Gasteiger partial charge is 0.480 e. The standard InChI is InChI=1S/C13H22N4O3S/c1-9(4-5-21-3)17(2)13(20)16-11(12(18)19)6-10-7-14-8-15-10/h7-9,11H,4-6H2,1-3H3,(H,14,15)(H,16,20)(H,18,19)/t9?,11-/m0/s1. The van der Waals surface area contributed by atoms with Crippen LogP contribution in [-0.2, 0) is 11.2 Å². The maximum Gasteiger partial charge on any atom is 0.326 e. The lowest BCUT2D eigenvalue weighted by atomic mass is 10.1. The Balaban J connectivity index is 2.57. The van der Waals surface area contributed by atoms with Crippen molar-refractivity contribution in [2.45, 2.75) is 31.8 Å². The molecule has 7 nitrogen and oxygen atoms in total. The summed E-state index contributed by atoms with van der Waals surface area (Å²) in [6, 6.07) is -1.30. The van der Waals surface area contributed by atoms with Gasteiger partial charge < -0.3 is 20.3 Å². The van der Waals surface area contributed by atoms with Crippen molar-refractivity contribution in [3.05, 3.63) is 18.2 Å². The number of carboxylic acids is 1. The van der Waals surface area contributed by atoms with Crippen LogP contribution < -0.4 is 5.32 Å². The van der Waals surface area contributed by atoms with E-state index in [1.165, 1.54) is 6.33 Å². The molecule has 2 amide bonds. The molecule has 0 spiro atoms. The lowest BCUT2D eigenvalue weighted by molar-refractivity contribution is -0.139. The first-order chi connectivity index (χ1) is 9.95. The van der Waals surface area contributed by atoms with Crippen LogP contribution in [0.2, 0.25) is 0 Å². The van der Waals surface area contributed by atoms with Gasteiger partial charge in [-0.2, -0.15) is 11.8 Å². The number of amides is 2. The number of nitrogens with zero attached hydrogens (tertiary/aromatic N) is 2. The van der Waals surface area contributed by atoms with Crippen molar-refractivity contribution in [2.75, 3.05) is 19.1 Å². The van der Waals surface area contributed by atoms with Crippen molar-refractivity contribution in [3.8, 4) is 0 Å². The predicted molar refractivity (Wildman–Crippen MR) is 82.5 cm³/mol. The first-order valence-corrected chi connectivity index (χ1v) is 8.07. The molecule has 2 atom stereocenters. The van der Waals surface area contributed by atoms with E-state index in [4.69, 9.17) is 0 Å². The second-order valence-electron chi connectivity index (χ2n) is 4.86. The van der Waals surface area contributed by atoms with Crippen LogP contribution in [0.3, 0.4) is 0 Å². The van der Waals surface area contributed by atoms with Crippen LogP contribution in [0.25, 0.3) is 0 Å². The molecular weight excluding hydrogens is 292 g/mol. The molecule has 1 aromatic heterocycles. The van der Waals surface area contributed by atoms with E-state index in [9.17, 15) is 14.7 Å². The van der Waals surface area contributed by atoms with E-state index in [2.05, 4.69) is 15.3 Å². The minimum Gasteiger partial charge on any atom is -0.480 e. The molecule has 0 aliphatic rings. The molecule has 0 aromatic carbocycles. The lowest BCUT2D eigenvalue weighted by Gasteiger charge is -2.26. The van der Waals surface area contributed by atoms with Crippen LogP contribution in [0, 0.1) is 0 Å². The SMILES string of the molecule is CSCCC(C)N(C)C(=O)N[C@@H](Cc1cnc[nH]1)C(=O)O. The number of imidazole rings is 1. The molecule has 3 N–H and O–H groups in total. The Bertz CT molecular complexity index is 452. The monoisotopic (exact) mass is 314 g/mol. The molecule has 0 aliphatic heterocycles. The summed E-state index contributed by atoms with van der Waals surface area (Å²) in [7, 11) is 1.68. The zero-order valence-corrected chi connectivity index (χ0v) is 13.3. The summed E-state index contributed by atoms with van der Waals surface area (Å²) in [6.45, 7) is 1.94. The van der Waals surface area contributed by atoms with Crippen molar-refractivity contribution in [2.24, 2.45) is 0 Å². The Morgan fingerprint density at radius 2 is 2.29 bits per heavy atom. The molecule has 8 heteroatoms. The maximum atomic E-state index is 12.1. The van der Waals surface area contributed by atoms with Crippen LogP contribution in [0.15, 0.2) is 12.5 Å². The number of hydrogen-bond acceptors (Lipinski definition) is 4. The fourth-order valence-electron chi connectivity index (χ4n) is 1.75. The number of hydrogen-bond donors (Lipinski definition) is 3. The molecule has 1 rings (SSSR count). The molecule has 118 valence electrons. The zero-order valence-electron chi connectivity index (χ0n) is 12.5. The summed E-state index contributed by atoms with van der Waals surface area (Å²) in [6.07, 6.45) is 6.08. The number of carbonyl (C=O) groups is 2. The van der Waals surface area contributed by atoms with E-state index in [1.807, 2.05) is 13.2 Å². The number of aromatic nitrogens is 2. The zero-order chi connectivity index (χ0) is 15.8. The van der Waals surface area contributed by atoms with Gasteiger partial charge >= 0.3 is 12.0 Å². The van der Waals surface area contributed by atoms with Gasteiger partial charge in [0.1, 0.15) is 6.04 Å². The number of carbonyl (C=O) groups excluding carboxylic acids is 1. The van der Waals surface area contributed by atoms with Crippen molar-refractivity contribution < 1.29 is 14.7 Å². The van der Waals surface area contributed by atoms with E-state index in [0.29, 0.717) is 5.69 Å².